The molecule has 3 aromatic carbocycles. The summed E-state index contributed by atoms with van der Waals surface area (Å²) >= 11 is 3.38. The van der Waals surface area contributed by atoms with Gasteiger partial charge in [-0.1, -0.05) is 64.5 Å². The van der Waals surface area contributed by atoms with E-state index in [2.05, 4.69) is 15.9 Å². The Morgan fingerprint density at radius 2 is 1.69 bits per heavy atom. The summed E-state index contributed by atoms with van der Waals surface area (Å²) in [4.78, 5) is 12.5. The highest BCUT2D eigenvalue weighted by atomic mass is 79.9. The highest BCUT2D eigenvalue weighted by Gasteiger charge is 2.25. The Hall–Kier alpha value is -1.73. The Bertz CT molecular complexity index is 953. The number of fused-ring (bicyclic) bond motifs is 1. The van der Waals surface area contributed by atoms with Crippen molar-refractivity contribution in [3.63, 3.8) is 0 Å². The smallest absolute Gasteiger partial charge is 0.216 e. The molecule has 3 aromatic rings. The van der Waals surface area contributed by atoms with Gasteiger partial charge in [-0.15, -0.1) is 0 Å². The number of aliphatic hydroxyl groups excluding tert-OH is 1. The summed E-state index contributed by atoms with van der Waals surface area (Å²) in [6.45, 7) is 0.919. The van der Waals surface area contributed by atoms with E-state index in [0.717, 1.165) is 21.0 Å². The third-order valence-corrected chi connectivity index (χ3v) is 5.15. The predicted molar refractivity (Wildman–Crippen MR) is 116 cm³/mol. The molecule has 0 aromatic heterocycles. The molecule has 0 spiro atoms. The van der Waals surface area contributed by atoms with Crippen LogP contribution < -0.4 is 21.7 Å². The first-order chi connectivity index (χ1) is 13.3. The standard InChI is InChI=1S/C23H25BrNO3.BrH/c1-25(2,15-22(27)18-10-12-19(24)13-11-18)14-20(26)16-28-23-9-5-7-17-6-3-4-8-21(17)23;/h3-13,20,26H,14-16H2,1-2H3;1H/q+1;/p-1. The van der Waals surface area contributed by atoms with Gasteiger partial charge in [0.2, 0.25) is 5.78 Å². The Morgan fingerprint density at radius 3 is 2.41 bits per heavy atom. The summed E-state index contributed by atoms with van der Waals surface area (Å²) in [6, 6.07) is 21.2. The SMILES string of the molecule is C[N+](C)(CC(=O)c1ccc(Br)cc1)CC(O)COc1cccc2ccccc12.[Br-]. The Labute approximate surface area is 190 Å². The van der Waals surface area contributed by atoms with Crippen molar-refractivity contribution in [2.45, 2.75) is 6.10 Å². The number of ether oxygens (including phenoxy) is 1. The minimum Gasteiger partial charge on any atom is -1.00 e. The van der Waals surface area contributed by atoms with Crippen LogP contribution in [0.25, 0.3) is 10.8 Å². The second-order valence-electron chi connectivity index (χ2n) is 7.65. The van der Waals surface area contributed by atoms with E-state index < -0.39 is 6.10 Å². The molecule has 0 aliphatic heterocycles. The van der Waals surface area contributed by atoms with Gasteiger partial charge in [-0.05, 0) is 23.6 Å². The number of quaternary nitrogens is 1. The van der Waals surface area contributed by atoms with E-state index in [1.54, 1.807) is 0 Å². The first kappa shape index (κ1) is 23.5. The molecular weight excluding hydrogens is 498 g/mol. The number of nitrogens with zero attached hydrogens (tertiary/aromatic N) is 1. The molecule has 0 saturated heterocycles. The van der Waals surface area contributed by atoms with Gasteiger partial charge in [0.25, 0.3) is 0 Å². The van der Waals surface area contributed by atoms with E-state index in [9.17, 15) is 9.90 Å². The molecule has 1 unspecified atom stereocenters. The molecule has 0 aliphatic carbocycles. The topological polar surface area (TPSA) is 46.5 Å². The van der Waals surface area contributed by atoms with Crippen LogP contribution in [0.1, 0.15) is 10.4 Å². The number of halogens is 2. The normalized spacial score (nSPS) is 12.3. The number of hydrogen-bond acceptors (Lipinski definition) is 3. The fraction of sp³-hybridized carbons (Fsp3) is 0.261. The first-order valence-electron chi connectivity index (χ1n) is 9.23. The third-order valence-electron chi connectivity index (χ3n) is 4.62. The van der Waals surface area contributed by atoms with Crippen molar-refractivity contribution in [3.8, 4) is 5.75 Å². The molecular formula is C23H25Br2NO3. The molecule has 0 amide bonds. The molecule has 1 N–H and O–H groups in total. The molecule has 0 heterocycles. The van der Waals surface area contributed by atoms with Crippen molar-refractivity contribution in [1.29, 1.82) is 0 Å². The summed E-state index contributed by atoms with van der Waals surface area (Å²) in [5.74, 6) is 0.813. The number of aliphatic hydroxyl groups is 1. The van der Waals surface area contributed by atoms with Gasteiger partial charge >= 0.3 is 0 Å². The van der Waals surface area contributed by atoms with Crippen LogP contribution in [0.5, 0.6) is 5.75 Å². The number of carbonyl (C=O) groups excluding carboxylic acids is 1. The molecule has 6 heteroatoms. The molecule has 0 radical (unpaired) electrons. The number of benzene rings is 3. The van der Waals surface area contributed by atoms with Gasteiger partial charge in [-0.25, -0.2) is 0 Å². The second-order valence-corrected chi connectivity index (χ2v) is 8.56. The van der Waals surface area contributed by atoms with Crippen LogP contribution in [-0.2, 0) is 0 Å². The average molecular weight is 523 g/mol. The van der Waals surface area contributed by atoms with Crippen molar-refractivity contribution in [2.75, 3.05) is 33.8 Å². The van der Waals surface area contributed by atoms with Crippen LogP contribution in [0, 0.1) is 0 Å². The van der Waals surface area contributed by atoms with Gasteiger partial charge in [0.15, 0.2) is 0 Å². The minimum absolute atomic E-state index is 0. The van der Waals surface area contributed by atoms with Crippen LogP contribution in [0.15, 0.2) is 71.2 Å². The monoisotopic (exact) mass is 521 g/mol. The zero-order valence-electron chi connectivity index (χ0n) is 16.5. The summed E-state index contributed by atoms with van der Waals surface area (Å²) in [5, 5.41) is 12.6. The van der Waals surface area contributed by atoms with E-state index in [0.29, 0.717) is 23.1 Å². The Balaban J connectivity index is 0.00000300. The molecule has 154 valence electrons. The quantitative estimate of drug-likeness (QED) is 0.358. The van der Waals surface area contributed by atoms with Crippen LogP contribution in [-0.4, -0.2) is 55.3 Å². The molecule has 3 rings (SSSR count). The summed E-state index contributed by atoms with van der Waals surface area (Å²) in [5.41, 5.74) is 0.677. The zero-order chi connectivity index (χ0) is 20.1. The minimum atomic E-state index is -0.674. The van der Waals surface area contributed by atoms with Gasteiger partial charge in [-0.2, -0.15) is 0 Å². The van der Waals surface area contributed by atoms with E-state index in [4.69, 9.17) is 4.74 Å². The van der Waals surface area contributed by atoms with Crippen LogP contribution in [0.3, 0.4) is 0 Å². The van der Waals surface area contributed by atoms with Crippen molar-refractivity contribution < 1.29 is 36.1 Å². The van der Waals surface area contributed by atoms with Crippen LogP contribution in [0.2, 0.25) is 0 Å². The van der Waals surface area contributed by atoms with E-state index in [-0.39, 0.29) is 29.4 Å². The van der Waals surface area contributed by atoms with Crippen molar-refractivity contribution in [2.24, 2.45) is 0 Å². The number of carbonyl (C=O) groups is 1. The van der Waals surface area contributed by atoms with E-state index in [1.165, 1.54) is 0 Å². The molecule has 0 saturated carbocycles. The fourth-order valence-corrected chi connectivity index (χ4v) is 3.58. The van der Waals surface area contributed by atoms with Crippen LogP contribution >= 0.6 is 15.9 Å². The highest BCUT2D eigenvalue weighted by molar-refractivity contribution is 9.10. The van der Waals surface area contributed by atoms with Crippen molar-refractivity contribution in [1.82, 2.24) is 0 Å². The number of hydrogen-bond donors (Lipinski definition) is 1. The first-order valence-corrected chi connectivity index (χ1v) is 10.0. The molecule has 0 fully saturated rings. The fourth-order valence-electron chi connectivity index (χ4n) is 3.31. The van der Waals surface area contributed by atoms with E-state index in [1.807, 2.05) is 80.8 Å². The largest absolute Gasteiger partial charge is 1.00 e. The summed E-state index contributed by atoms with van der Waals surface area (Å²) in [7, 11) is 3.88. The molecule has 1 atom stereocenters. The highest BCUT2D eigenvalue weighted by Crippen LogP contribution is 2.25. The lowest BCUT2D eigenvalue weighted by molar-refractivity contribution is -0.885. The summed E-state index contributed by atoms with van der Waals surface area (Å²) in [6.07, 6.45) is -0.674. The molecule has 29 heavy (non-hydrogen) atoms. The lowest BCUT2D eigenvalue weighted by Gasteiger charge is -2.31. The lowest BCUT2D eigenvalue weighted by Crippen LogP contribution is -3.00. The van der Waals surface area contributed by atoms with Gasteiger partial charge in [0.05, 0.1) is 14.1 Å². The maximum Gasteiger partial charge on any atom is 0.216 e. The number of ketones is 1. The predicted octanol–water partition coefficient (Wildman–Crippen LogP) is 1.31. The Kier molecular flexibility index (Phi) is 8.40. The maximum atomic E-state index is 12.5. The lowest BCUT2D eigenvalue weighted by atomic mass is 10.1. The van der Waals surface area contributed by atoms with Crippen LogP contribution in [0.4, 0.5) is 0 Å². The summed E-state index contributed by atoms with van der Waals surface area (Å²) < 4.78 is 7.21. The van der Waals surface area contributed by atoms with Gasteiger partial charge in [-0.3, -0.25) is 4.79 Å². The van der Waals surface area contributed by atoms with E-state index >= 15 is 0 Å². The molecule has 0 bridgehead atoms. The molecule has 0 aliphatic rings. The molecule has 4 nitrogen and oxygen atoms in total. The van der Waals surface area contributed by atoms with Gasteiger partial charge < -0.3 is 31.3 Å². The van der Waals surface area contributed by atoms with Crippen molar-refractivity contribution >= 4 is 32.5 Å². The second kappa shape index (κ2) is 10.3. The average Bonchev–Trinajstić information content (AvgIpc) is 2.66. The Morgan fingerprint density at radius 1 is 1.03 bits per heavy atom. The number of Topliss-reactive ketones (excluding diaryl/α,β-unsaturated/α-hetero) is 1. The third kappa shape index (κ3) is 6.64. The maximum absolute atomic E-state index is 12.5. The number of rotatable bonds is 8. The van der Waals surface area contributed by atoms with Gasteiger partial charge in [0, 0.05) is 15.4 Å². The number of likely N-dealkylation sites (N-methyl/N-ethyl adjacent to an activating group) is 1. The van der Waals surface area contributed by atoms with Crippen molar-refractivity contribution in [3.05, 3.63) is 76.8 Å². The van der Waals surface area contributed by atoms with Gasteiger partial charge in [0.1, 0.15) is 31.5 Å². The zero-order valence-corrected chi connectivity index (χ0v) is 19.7.